The topological polar surface area (TPSA) is 74.6 Å². The van der Waals surface area contributed by atoms with Crippen LogP contribution in [0.15, 0.2) is 0 Å². The SMILES string of the molecule is O=S(=O)(O)C(F)C(O)C12CC3CC(CC(C3)C1)C2. The van der Waals surface area contributed by atoms with Gasteiger partial charge in [-0.25, -0.2) is 4.39 Å². The van der Waals surface area contributed by atoms with Crippen LogP contribution < -0.4 is 0 Å². The molecule has 18 heavy (non-hydrogen) atoms. The van der Waals surface area contributed by atoms with Crippen molar-refractivity contribution in [3.05, 3.63) is 0 Å². The van der Waals surface area contributed by atoms with Crippen LogP contribution in [0.25, 0.3) is 0 Å². The molecule has 0 amide bonds. The minimum atomic E-state index is -4.81. The number of hydrogen-bond donors (Lipinski definition) is 2. The van der Waals surface area contributed by atoms with Gasteiger partial charge < -0.3 is 5.11 Å². The first kappa shape index (κ1) is 12.8. The lowest BCUT2D eigenvalue weighted by Crippen LogP contribution is -2.55. The number of alkyl halides is 1. The summed E-state index contributed by atoms with van der Waals surface area (Å²) in [5.74, 6) is 1.50. The monoisotopic (exact) mass is 278 g/mol. The second kappa shape index (κ2) is 3.90. The third kappa shape index (κ3) is 1.89. The van der Waals surface area contributed by atoms with Crippen LogP contribution >= 0.6 is 0 Å². The number of halogens is 1. The van der Waals surface area contributed by atoms with Crippen LogP contribution in [-0.2, 0) is 10.1 Å². The Balaban J connectivity index is 1.87. The van der Waals surface area contributed by atoms with Crippen molar-refractivity contribution in [1.82, 2.24) is 0 Å². The van der Waals surface area contributed by atoms with Crippen molar-refractivity contribution in [3.63, 3.8) is 0 Å². The highest BCUT2D eigenvalue weighted by atomic mass is 32.2. The molecule has 0 aromatic heterocycles. The third-order valence-corrected chi connectivity index (χ3v) is 6.07. The van der Waals surface area contributed by atoms with E-state index < -0.39 is 27.1 Å². The van der Waals surface area contributed by atoms with Crippen LogP contribution in [0.4, 0.5) is 4.39 Å². The van der Waals surface area contributed by atoms with Crippen LogP contribution in [0, 0.1) is 23.2 Å². The molecule has 0 spiro atoms. The molecule has 104 valence electrons. The summed E-state index contributed by atoms with van der Waals surface area (Å²) in [6, 6.07) is 0. The van der Waals surface area contributed by atoms with Gasteiger partial charge >= 0.3 is 0 Å². The second-order valence-corrected chi connectivity index (χ2v) is 8.07. The lowest BCUT2D eigenvalue weighted by atomic mass is 9.48. The Morgan fingerprint density at radius 3 is 1.78 bits per heavy atom. The fourth-order valence-corrected chi connectivity index (χ4v) is 5.60. The molecule has 4 fully saturated rings. The Bertz CT molecular complexity index is 412. The molecule has 0 aliphatic heterocycles. The maximum absolute atomic E-state index is 13.7. The molecule has 2 atom stereocenters. The maximum Gasteiger partial charge on any atom is 0.300 e. The highest BCUT2D eigenvalue weighted by Crippen LogP contribution is 2.61. The molecule has 4 aliphatic rings. The zero-order valence-electron chi connectivity index (χ0n) is 10.1. The quantitative estimate of drug-likeness (QED) is 0.771. The molecular weight excluding hydrogens is 259 g/mol. The summed E-state index contributed by atoms with van der Waals surface area (Å²) in [7, 11) is -4.81. The van der Waals surface area contributed by atoms with Crippen molar-refractivity contribution in [2.75, 3.05) is 0 Å². The summed E-state index contributed by atoms with van der Waals surface area (Å²) in [6.45, 7) is 0. The highest BCUT2D eigenvalue weighted by molar-refractivity contribution is 7.86. The molecule has 0 radical (unpaired) electrons. The normalized spacial score (nSPS) is 46.1. The summed E-state index contributed by atoms with van der Waals surface area (Å²) in [6.07, 6.45) is 3.93. The lowest BCUT2D eigenvalue weighted by Gasteiger charge is -2.58. The van der Waals surface area contributed by atoms with Crippen LogP contribution in [0.2, 0.25) is 0 Å². The smallest absolute Gasteiger partial charge is 0.300 e. The highest BCUT2D eigenvalue weighted by Gasteiger charge is 2.57. The molecular formula is C12H19FO4S. The van der Waals surface area contributed by atoms with E-state index >= 15 is 0 Å². The van der Waals surface area contributed by atoms with Gasteiger partial charge in [0, 0.05) is 5.41 Å². The Hall–Kier alpha value is -0.200. The summed E-state index contributed by atoms with van der Waals surface area (Å²) in [5, 5.41) is 10.1. The maximum atomic E-state index is 13.7. The predicted molar refractivity (Wildman–Crippen MR) is 63.1 cm³/mol. The van der Waals surface area contributed by atoms with Gasteiger partial charge in [-0.15, -0.1) is 0 Å². The van der Waals surface area contributed by atoms with Crippen LogP contribution in [0.1, 0.15) is 38.5 Å². The van der Waals surface area contributed by atoms with E-state index in [2.05, 4.69) is 0 Å². The molecule has 4 rings (SSSR count). The van der Waals surface area contributed by atoms with Crippen molar-refractivity contribution in [3.8, 4) is 0 Å². The predicted octanol–water partition coefficient (Wildman–Crippen LogP) is 1.75. The van der Waals surface area contributed by atoms with Gasteiger partial charge in [-0.05, 0) is 56.3 Å². The first-order valence-electron chi connectivity index (χ1n) is 6.58. The molecule has 2 unspecified atom stereocenters. The molecule has 4 saturated carbocycles. The van der Waals surface area contributed by atoms with Gasteiger partial charge in [0.25, 0.3) is 15.6 Å². The van der Waals surface area contributed by atoms with E-state index in [9.17, 15) is 17.9 Å². The number of aliphatic hydroxyl groups excluding tert-OH is 1. The van der Waals surface area contributed by atoms with E-state index in [0.717, 1.165) is 19.3 Å². The summed E-state index contributed by atoms with van der Waals surface area (Å²) in [4.78, 5) is 0. The lowest BCUT2D eigenvalue weighted by molar-refractivity contribution is -0.131. The van der Waals surface area contributed by atoms with Gasteiger partial charge in [-0.2, -0.15) is 8.42 Å². The molecule has 4 nitrogen and oxygen atoms in total. The van der Waals surface area contributed by atoms with E-state index in [1.165, 1.54) is 0 Å². The van der Waals surface area contributed by atoms with Crippen LogP contribution in [0.5, 0.6) is 0 Å². The first-order chi connectivity index (χ1) is 8.30. The van der Waals surface area contributed by atoms with E-state index in [0.29, 0.717) is 37.0 Å². The minimum absolute atomic E-state index is 0.500. The van der Waals surface area contributed by atoms with Crippen LogP contribution in [-0.4, -0.2) is 29.7 Å². The molecule has 4 bridgehead atoms. The molecule has 0 aromatic rings. The fraction of sp³-hybridized carbons (Fsp3) is 1.00. The van der Waals surface area contributed by atoms with E-state index in [4.69, 9.17) is 4.55 Å². The molecule has 0 saturated heterocycles. The van der Waals surface area contributed by atoms with Crippen LogP contribution in [0.3, 0.4) is 0 Å². The third-order valence-electron chi connectivity index (χ3n) is 5.25. The van der Waals surface area contributed by atoms with Gasteiger partial charge in [0.05, 0.1) is 0 Å². The Labute approximate surface area is 106 Å². The van der Waals surface area contributed by atoms with Gasteiger partial charge in [-0.3, -0.25) is 4.55 Å². The molecule has 4 aliphatic carbocycles. The number of rotatable bonds is 3. The summed E-state index contributed by atoms with van der Waals surface area (Å²) >= 11 is 0. The van der Waals surface area contributed by atoms with Gasteiger partial charge in [0.15, 0.2) is 0 Å². The molecule has 0 heterocycles. The van der Waals surface area contributed by atoms with E-state index in [-0.39, 0.29) is 0 Å². The van der Waals surface area contributed by atoms with Crippen molar-refractivity contribution in [2.24, 2.45) is 23.2 Å². The van der Waals surface area contributed by atoms with Gasteiger partial charge in [-0.1, -0.05) is 0 Å². The minimum Gasteiger partial charge on any atom is -0.388 e. The van der Waals surface area contributed by atoms with Crippen molar-refractivity contribution in [2.45, 2.75) is 50.1 Å². The molecule has 0 aromatic carbocycles. The summed E-state index contributed by atoms with van der Waals surface area (Å²) < 4.78 is 44.3. The number of hydrogen-bond acceptors (Lipinski definition) is 3. The number of aliphatic hydroxyl groups is 1. The Morgan fingerprint density at radius 1 is 1.06 bits per heavy atom. The van der Waals surface area contributed by atoms with Gasteiger partial charge in [0.1, 0.15) is 6.10 Å². The average Bonchev–Trinajstić information content (AvgIpc) is 2.23. The average molecular weight is 278 g/mol. The fourth-order valence-electron chi connectivity index (χ4n) is 4.98. The van der Waals surface area contributed by atoms with Crippen molar-refractivity contribution in [1.29, 1.82) is 0 Å². The second-order valence-electron chi connectivity index (χ2n) is 6.59. The van der Waals surface area contributed by atoms with E-state index in [1.807, 2.05) is 0 Å². The molecule has 2 N–H and O–H groups in total. The van der Waals surface area contributed by atoms with Crippen molar-refractivity contribution >= 4 is 10.1 Å². The zero-order chi connectivity index (χ0) is 13.1. The standard InChI is InChI=1S/C12H19FO4S/c13-11(18(15,16)17)10(14)12-4-7-1-8(5-12)3-9(2-7)6-12/h7-11,14H,1-6H2,(H,15,16,17). The van der Waals surface area contributed by atoms with E-state index in [1.54, 1.807) is 0 Å². The summed E-state index contributed by atoms with van der Waals surface area (Å²) in [5.41, 5.74) is -3.18. The van der Waals surface area contributed by atoms with Crippen molar-refractivity contribution < 1.29 is 22.5 Å². The first-order valence-corrected chi connectivity index (χ1v) is 8.09. The van der Waals surface area contributed by atoms with Gasteiger partial charge in [0.2, 0.25) is 0 Å². The molecule has 6 heteroatoms. The Kier molecular flexibility index (Phi) is 2.78. The zero-order valence-corrected chi connectivity index (χ0v) is 10.9. The Morgan fingerprint density at radius 2 is 1.44 bits per heavy atom. The largest absolute Gasteiger partial charge is 0.388 e.